The zero-order valence-corrected chi connectivity index (χ0v) is 20.1. The minimum absolute atomic E-state index is 0.0179. The van der Waals surface area contributed by atoms with E-state index in [1.54, 1.807) is 49.4 Å². The number of carbonyl (C=O) groups excluding carboxylic acids is 1. The molecule has 0 saturated carbocycles. The lowest BCUT2D eigenvalue weighted by Crippen LogP contribution is -2.49. The summed E-state index contributed by atoms with van der Waals surface area (Å²) in [5.74, 6) is -0.896. The molecule has 196 valence electrons. The molecule has 1 aromatic heterocycles. The maximum absolute atomic E-state index is 13.7. The summed E-state index contributed by atoms with van der Waals surface area (Å²) in [6, 6.07) is 20.4. The Morgan fingerprint density at radius 1 is 0.737 bits per heavy atom. The van der Waals surface area contributed by atoms with Crippen molar-refractivity contribution in [3.05, 3.63) is 136 Å². The van der Waals surface area contributed by atoms with E-state index in [9.17, 15) is 31.1 Å². The van der Waals surface area contributed by atoms with Crippen LogP contribution in [0.4, 0.5) is 26.3 Å². The fourth-order valence-electron chi connectivity index (χ4n) is 4.21. The maximum atomic E-state index is 13.7. The van der Waals surface area contributed by atoms with Gasteiger partial charge < -0.3 is 5.32 Å². The second-order valence-corrected chi connectivity index (χ2v) is 8.90. The Morgan fingerprint density at radius 3 is 1.95 bits per heavy atom. The van der Waals surface area contributed by atoms with Crippen LogP contribution in [0.1, 0.15) is 43.9 Å². The van der Waals surface area contributed by atoms with Crippen LogP contribution in [0.5, 0.6) is 0 Å². The van der Waals surface area contributed by atoms with Gasteiger partial charge in [-0.05, 0) is 60.0 Å². The van der Waals surface area contributed by atoms with Crippen molar-refractivity contribution in [3.8, 4) is 0 Å². The molecule has 1 N–H and O–H groups in total. The molecule has 1 heterocycles. The van der Waals surface area contributed by atoms with Crippen LogP contribution in [-0.4, -0.2) is 10.9 Å². The average molecular weight is 528 g/mol. The number of amides is 1. The molecule has 4 rings (SSSR count). The number of nitrogens with zero attached hydrogens (tertiary/aromatic N) is 1. The van der Waals surface area contributed by atoms with E-state index in [2.05, 4.69) is 10.3 Å². The minimum atomic E-state index is -4.68. The fourth-order valence-corrected chi connectivity index (χ4v) is 4.21. The Hall–Kier alpha value is -4.14. The summed E-state index contributed by atoms with van der Waals surface area (Å²) in [4.78, 5) is 17.9. The van der Waals surface area contributed by atoms with Crippen LogP contribution in [0.2, 0.25) is 0 Å². The number of rotatable bonds is 6. The van der Waals surface area contributed by atoms with E-state index < -0.39 is 34.9 Å². The zero-order chi connectivity index (χ0) is 27.6. The van der Waals surface area contributed by atoms with Crippen molar-refractivity contribution in [1.82, 2.24) is 10.3 Å². The first-order chi connectivity index (χ1) is 17.9. The molecule has 0 aliphatic rings. The number of hydrogen-bond acceptors (Lipinski definition) is 2. The molecule has 1 atom stereocenters. The summed E-state index contributed by atoms with van der Waals surface area (Å²) in [6.45, 7) is 1.78. The van der Waals surface area contributed by atoms with Gasteiger partial charge in [-0.1, -0.05) is 54.6 Å². The van der Waals surface area contributed by atoms with E-state index in [0.29, 0.717) is 11.6 Å². The molecule has 1 unspecified atom stereocenters. The molecule has 3 aromatic carbocycles. The van der Waals surface area contributed by atoms with Gasteiger partial charge in [-0.3, -0.25) is 9.78 Å². The largest absolute Gasteiger partial charge is 0.416 e. The van der Waals surface area contributed by atoms with Crippen LogP contribution < -0.4 is 5.32 Å². The summed E-state index contributed by atoms with van der Waals surface area (Å²) < 4.78 is 81.1. The highest BCUT2D eigenvalue weighted by atomic mass is 19.4. The van der Waals surface area contributed by atoms with Crippen molar-refractivity contribution in [3.63, 3.8) is 0 Å². The van der Waals surface area contributed by atoms with Gasteiger partial charge in [-0.15, -0.1) is 0 Å². The molecule has 0 spiro atoms. The Morgan fingerprint density at radius 2 is 1.34 bits per heavy atom. The van der Waals surface area contributed by atoms with Gasteiger partial charge in [0.05, 0.1) is 16.8 Å². The second-order valence-electron chi connectivity index (χ2n) is 8.90. The molecular weight excluding hydrogens is 506 g/mol. The number of nitrogens with one attached hydrogen (secondary N) is 1. The molecule has 9 heteroatoms. The first kappa shape index (κ1) is 26.9. The van der Waals surface area contributed by atoms with Gasteiger partial charge in [0, 0.05) is 18.2 Å². The van der Waals surface area contributed by atoms with Gasteiger partial charge in [-0.25, -0.2) is 0 Å². The highest BCUT2D eigenvalue weighted by Crippen LogP contribution is 2.37. The second kappa shape index (κ2) is 10.3. The maximum Gasteiger partial charge on any atom is 0.416 e. The van der Waals surface area contributed by atoms with Gasteiger partial charge in [0.15, 0.2) is 0 Å². The monoisotopic (exact) mass is 528 g/mol. The number of hydrogen-bond donors (Lipinski definition) is 1. The first-order valence-corrected chi connectivity index (χ1v) is 11.5. The Kier molecular flexibility index (Phi) is 7.31. The molecule has 4 aromatic rings. The molecule has 0 aliphatic carbocycles. The van der Waals surface area contributed by atoms with Crippen molar-refractivity contribution < 1.29 is 31.1 Å². The molecule has 1 amide bonds. The Balaban J connectivity index is 1.93. The van der Waals surface area contributed by atoms with Crippen molar-refractivity contribution in [2.45, 2.75) is 31.2 Å². The van der Waals surface area contributed by atoms with Gasteiger partial charge >= 0.3 is 12.4 Å². The lowest BCUT2D eigenvalue weighted by Gasteiger charge is -2.36. The smallest absolute Gasteiger partial charge is 0.337 e. The van der Waals surface area contributed by atoms with Crippen LogP contribution in [0, 0.1) is 6.92 Å². The number of aryl methyl sites for hydroxylation is 1. The number of benzene rings is 3. The normalized spacial score (nSPS) is 13.6. The quantitative estimate of drug-likeness (QED) is 0.266. The summed E-state index contributed by atoms with van der Waals surface area (Å²) in [5.41, 5.74) is -2.16. The zero-order valence-electron chi connectivity index (χ0n) is 20.1. The average Bonchev–Trinajstić information content (AvgIpc) is 2.88. The van der Waals surface area contributed by atoms with Gasteiger partial charge in [-0.2, -0.15) is 26.3 Å². The van der Waals surface area contributed by atoms with Crippen LogP contribution in [0.25, 0.3) is 0 Å². The molecule has 3 nitrogen and oxygen atoms in total. The molecule has 0 bridgehead atoms. The Bertz CT molecular complexity index is 1420. The van der Waals surface area contributed by atoms with Gasteiger partial charge in [0.25, 0.3) is 5.91 Å². The van der Waals surface area contributed by atoms with Crippen LogP contribution >= 0.6 is 0 Å². The number of pyridine rings is 1. The number of aromatic nitrogens is 1. The molecule has 0 saturated heterocycles. The molecular formula is C29H22F6N2O. The van der Waals surface area contributed by atoms with E-state index in [1.165, 1.54) is 24.4 Å². The third-order valence-electron chi connectivity index (χ3n) is 6.12. The number of carbonyl (C=O) groups is 1. The fraction of sp³-hybridized carbons (Fsp3) is 0.172. The minimum Gasteiger partial charge on any atom is -0.337 e. The highest BCUT2D eigenvalue weighted by molar-refractivity contribution is 5.95. The number of halogens is 6. The predicted octanol–water partition coefficient (Wildman–Crippen LogP) is 7.34. The predicted molar refractivity (Wildman–Crippen MR) is 130 cm³/mol. The van der Waals surface area contributed by atoms with Crippen molar-refractivity contribution in [2.24, 2.45) is 0 Å². The standard InChI is InChI=1S/C29H22F6N2O/c1-19-13-14-25(36-18-19)27(17-20-7-3-2-4-8-20,22-10-6-12-24(16-22)29(33,34)35)37-26(38)21-9-5-11-23(15-21)28(30,31)32/h2-16,18H,17H2,1H3,(H,37,38). The van der Waals surface area contributed by atoms with Crippen molar-refractivity contribution in [2.75, 3.05) is 0 Å². The molecule has 0 radical (unpaired) electrons. The topological polar surface area (TPSA) is 42.0 Å². The lowest BCUT2D eigenvalue weighted by atomic mass is 9.79. The molecule has 38 heavy (non-hydrogen) atoms. The summed E-state index contributed by atoms with van der Waals surface area (Å²) >= 11 is 0. The highest BCUT2D eigenvalue weighted by Gasteiger charge is 2.40. The summed E-state index contributed by atoms with van der Waals surface area (Å²) in [7, 11) is 0. The van der Waals surface area contributed by atoms with E-state index >= 15 is 0 Å². The molecule has 0 fully saturated rings. The third-order valence-corrected chi connectivity index (χ3v) is 6.12. The lowest BCUT2D eigenvalue weighted by molar-refractivity contribution is -0.138. The van der Waals surface area contributed by atoms with Crippen molar-refractivity contribution in [1.29, 1.82) is 0 Å². The van der Waals surface area contributed by atoms with Gasteiger partial charge in [0.1, 0.15) is 5.54 Å². The first-order valence-electron chi connectivity index (χ1n) is 11.5. The van der Waals surface area contributed by atoms with Crippen molar-refractivity contribution >= 4 is 5.91 Å². The number of alkyl halides is 6. The van der Waals surface area contributed by atoms with E-state index in [0.717, 1.165) is 29.8 Å². The van der Waals surface area contributed by atoms with Crippen LogP contribution in [-0.2, 0) is 24.3 Å². The van der Waals surface area contributed by atoms with E-state index in [1.807, 2.05) is 0 Å². The SMILES string of the molecule is Cc1ccc(C(Cc2ccccc2)(NC(=O)c2cccc(C(F)(F)F)c2)c2cccc(C(F)(F)F)c2)nc1. The molecule has 0 aliphatic heterocycles. The van der Waals surface area contributed by atoms with Crippen LogP contribution in [0.15, 0.2) is 97.2 Å². The summed E-state index contributed by atoms with van der Waals surface area (Å²) in [5, 5.41) is 2.77. The van der Waals surface area contributed by atoms with Gasteiger partial charge in [0.2, 0.25) is 0 Å². The van der Waals surface area contributed by atoms with Crippen LogP contribution in [0.3, 0.4) is 0 Å². The van der Waals surface area contributed by atoms with E-state index in [-0.39, 0.29) is 23.2 Å². The van der Waals surface area contributed by atoms with E-state index in [4.69, 9.17) is 0 Å². The third kappa shape index (κ3) is 5.88. The summed E-state index contributed by atoms with van der Waals surface area (Å²) in [6.07, 6.45) is -7.85. The Labute approximate surface area is 215 Å².